The van der Waals surface area contributed by atoms with Gasteiger partial charge in [0.15, 0.2) is 0 Å². The van der Waals surface area contributed by atoms with Gasteiger partial charge < -0.3 is 4.90 Å². The van der Waals surface area contributed by atoms with E-state index in [9.17, 15) is 9.18 Å². The summed E-state index contributed by atoms with van der Waals surface area (Å²) in [7, 11) is 1.80. The second-order valence-corrected chi connectivity index (χ2v) is 6.62. The van der Waals surface area contributed by atoms with E-state index in [4.69, 9.17) is 0 Å². The zero-order valence-electron chi connectivity index (χ0n) is 13.8. The van der Waals surface area contributed by atoms with Crippen molar-refractivity contribution < 1.29 is 9.18 Å². The van der Waals surface area contributed by atoms with Crippen molar-refractivity contribution >= 4 is 11.8 Å². The molecule has 0 aliphatic carbocycles. The van der Waals surface area contributed by atoms with Crippen LogP contribution in [0.3, 0.4) is 0 Å². The fourth-order valence-electron chi connectivity index (χ4n) is 2.84. The third-order valence-corrected chi connectivity index (χ3v) is 4.44. The molecular formula is C18H20FN3O. The smallest absolute Gasteiger partial charge is 0.320 e. The number of aryl methyl sites for hydroxylation is 1. The Kier molecular flexibility index (Phi) is 3.59. The maximum Gasteiger partial charge on any atom is 0.326 e. The molecule has 5 heteroatoms. The summed E-state index contributed by atoms with van der Waals surface area (Å²) in [6.45, 7) is 6.57. The summed E-state index contributed by atoms with van der Waals surface area (Å²) in [6.07, 6.45) is 1.69. The molecule has 2 aromatic rings. The number of urea groups is 1. The molecule has 1 aromatic carbocycles. The summed E-state index contributed by atoms with van der Waals surface area (Å²) in [4.78, 5) is 20.3. The molecule has 0 saturated carbocycles. The van der Waals surface area contributed by atoms with Crippen LogP contribution >= 0.6 is 0 Å². The van der Waals surface area contributed by atoms with E-state index in [1.807, 2.05) is 32.9 Å². The summed E-state index contributed by atoms with van der Waals surface area (Å²) in [6, 6.07) is 8.30. The third kappa shape index (κ3) is 2.67. The SMILES string of the molecule is Cc1cc(-c2cccc(F)c2)cnc1N1CC(C)(C)N(C)C1=O. The highest BCUT2D eigenvalue weighted by molar-refractivity contribution is 5.95. The summed E-state index contributed by atoms with van der Waals surface area (Å²) >= 11 is 0. The molecule has 3 rings (SSSR count). The van der Waals surface area contributed by atoms with E-state index in [1.165, 1.54) is 12.1 Å². The van der Waals surface area contributed by atoms with Crippen molar-refractivity contribution in [3.8, 4) is 11.1 Å². The first-order valence-electron chi connectivity index (χ1n) is 7.57. The maximum atomic E-state index is 13.4. The lowest BCUT2D eigenvalue weighted by atomic mass is 10.0. The Bertz CT molecular complexity index is 773. The Labute approximate surface area is 135 Å². The molecule has 0 N–H and O–H groups in total. The highest BCUT2D eigenvalue weighted by atomic mass is 19.1. The van der Waals surface area contributed by atoms with Gasteiger partial charge >= 0.3 is 6.03 Å². The Morgan fingerprint density at radius 1 is 1.22 bits per heavy atom. The predicted molar refractivity (Wildman–Crippen MR) is 89.0 cm³/mol. The number of rotatable bonds is 2. The molecule has 2 heterocycles. The zero-order chi connectivity index (χ0) is 16.8. The van der Waals surface area contributed by atoms with E-state index in [-0.39, 0.29) is 17.4 Å². The standard InChI is InChI=1S/C18H20FN3O/c1-12-8-14(13-6-5-7-15(19)9-13)10-20-16(12)22-11-18(2,3)21(4)17(22)23/h5-10H,11H2,1-4H3. The molecule has 0 spiro atoms. The van der Waals surface area contributed by atoms with Crippen LogP contribution in [0.2, 0.25) is 0 Å². The lowest BCUT2D eigenvalue weighted by Gasteiger charge is -2.24. The number of pyridine rings is 1. The predicted octanol–water partition coefficient (Wildman–Crippen LogP) is 3.85. The second-order valence-electron chi connectivity index (χ2n) is 6.62. The van der Waals surface area contributed by atoms with Gasteiger partial charge in [0, 0.05) is 18.8 Å². The number of nitrogens with zero attached hydrogens (tertiary/aromatic N) is 3. The van der Waals surface area contributed by atoms with Gasteiger partial charge in [-0.1, -0.05) is 12.1 Å². The van der Waals surface area contributed by atoms with Crippen LogP contribution < -0.4 is 4.90 Å². The molecule has 0 radical (unpaired) electrons. The first-order valence-corrected chi connectivity index (χ1v) is 7.57. The van der Waals surface area contributed by atoms with Gasteiger partial charge in [-0.15, -0.1) is 0 Å². The minimum atomic E-state index is -0.276. The first-order chi connectivity index (χ1) is 10.8. The normalized spacial score (nSPS) is 17.0. The average molecular weight is 313 g/mol. The van der Waals surface area contributed by atoms with E-state index in [2.05, 4.69) is 4.98 Å². The summed E-state index contributed by atoms with van der Waals surface area (Å²) in [5, 5.41) is 0. The van der Waals surface area contributed by atoms with Crippen LogP contribution in [0.4, 0.5) is 15.0 Å². The van der Waals surface area contributed by atoms with Crippen LogP contribution in [0.5, 0.6) is 0 Å². The van der Waals surface area contributed by atoms with Crippen molar-refractivity contribution in [3.05, 3.63) is 47.9 Å². The van der Waals surface area contributed by atoms with E-state index < -0.39 is 0 Å². The van der Waals surface area contributed by atoms with Gasteiger partial charge in [-0.25, -0.2) is 14.2 Å². The molecule has 1 saturated heterocycles. The van der Waals surface area contributed by atoms with Crippen LogP contribution in [-0.2, 0) is 0 Å². The summed E-state index contributed by atoms with van der Waals surface area (Å²) in [5.74, 6) is 0.384. The Morgan fingerprint density at radius 2 is 1.96 bits per heavy atom. The lowest BCUT2D eigenvalue weighted by Crippen LogP contribution is -2.38. The van der Waals surface area contributed by atoms with Gasteiger partial charge in [0.2, 0.25) is 0 Å². The van der Waals surface area contributed by atoms with Crippen molar-refractivity contribution in [1.29, 1.82) is 0 Å². The molecule has 1 aliphatic rings. The van der Waals surface area contributed by atoms with E-state index in [1.54, 1.807) is 29.1 Å². The number of anilines is 1. The molecule has 1 aliphatic heterocycles. The van der Waals surface area contributed by atoms with Gasteiger partial charge in [-0.05, 0) is 50.1 Å². The van der Waals surface area contributed by atoms with Gasteiger partial charge in [-0.3, -0.25) is 4.90 Å². The molecular weight excluding hydrogens is 293 g/mol. The van der Waals surface area contributed by atoms with Gasteiger partial charge in [0.1, 0.15) is 11.6 Å². The fraction of sp³-hybridized carbons (Fsp3) is 0.333. The molecule has 0 bridgehead atoms. The topological polar surface area (TPSA) is 36.4 Å². The molecule has 4 nitrogen and oxygen atoms in total. The van der Waals surface area contributed by atoms with Gasteiger partial charge in [-0.2, -0.15) is 0 Å². The highest BCUT2D eigenvalue weighted by Crippen LogP contribution is 2.31. The van der Waals surface area contributed by atoms with Crippen molar-refractivity contribution in [3.63, 3.8) is 0 Å². The molecule has 0 atom stereocenters. The Hall–Kier alpha value is -2.43. The minimum Gasteiger partial charge on any atom is -0.320 e. The minimum absolute atomic E-state index is 0.0518. The number of carbonyl (C=O) groups is 1. The molecule has 23 heavy (non-hydrogen) atoms. The number of hydrogen-bond acceptors (Lipinski definition) is 2. The van der Waals surface area contributed by atoms with Crippen molar-refractivity contribution in [2.75, 3.05) is 18.5 Å². The van der Waals surface area contributed by atoms with Crippen LogP contribution in [0, 0.1) is 12.7 Å². The van der Waals surface area contributed by atoms with Gasteiger partial charge in [0.25, 0.3) is 0 Å². The summed E-state index contributed by atoms with van der Waals surface area (Å²) in [5.41, 5.74) is 2.28. The monoisotopic (exact) mass is 313 g/mol. The largest absolute Gasteiger partial charge is 0.326 e. The van der Waals surface area contributed by atoms with Crippen LogP contribution in [0.25, 0.3) is 11.1 Å². The number of likely N-dealkylation sites (N-methyl/N-ethyl adjacent to an activating group) is 1. The second kappa shape index (κ2) is 5.33. The quantitative estimate of drug-likeness (QED) is 0.844. The van der Waals surface area contributed by atoms with Crippen molar-refractivity contribution in [1.82, 2.24) is 9.88 Å². The molecule has 1 aromatic heterocycles. The molecule has 2 amide bonds. The number of carbonyl (C=O) groups excluding carboxylic acids is 1. The number of aromatic nitrogens is 1. The molecule has 120 valence electrons. The maximum absolute atomic E-state index is 13.4. The third-order valence-electron chi connectivity index (χ3n) is 4.44. The highest BCUT2D eigenvalue weighted by Gasteiger charge is 2.42. The first kappa shape index (κ1) is 15.5. The molecule has 0 unspecified atom stereocenters. The summed E-state index contributed by atoms with van der Waals surface area (Å²) < 4.78 is 13.4. The number of halogens is 1. The number of hydrogen-bond donors (Lipinski definition) is 0. The Morgan fingerprint density at radius 3 is 2.52 bits per heavy atom. The van der Waals surface area contributed by atoms with Crippen LogP contribution in [0.15, 0.2) is 36.5 Å². The van der Waals surface area contributed by atoms with E-state index in [0.717, 1.165) is 16.7 Å². The van der Waals surface area contributed by atoms with Crippen molar-refractivity contribution in [2.24, 2.45) is 0 Å². The zero-order valence-corrected chi connectivity index (χ0v) is 13.8. The van der Waals surface area contributed by atoms with Crippen LogP contribution in [0.1, 0.15) is 19.4 Å². The number of benzene rings is 1. The lowest BCUT2D eigenvalue weighted by molar-refractivity contribution is 0.198. The van der Waals surface area contributed by atoms with Crippen LogP contribution in [-0.4, -0.2) is 35.0 Å². The Balaban J connectivity index is 1.96. The molecule has 1 fully saturated rings. The van der Waals surface area contributed by atoms with E-state index >= 15 is 0 Å². The van der Waals surface area contributed by atoms with Gasteiger partial charge in [0.05, 0.1) is 12.1 Å². The fourth-order valence-corrected chi connectivity index (χ4v) is 2.84. The number of amides is 2. The average Bonchev–Trinajstić information content (AvgIpc) is 2.70. The van der Waals surface area contributed by atoms with E-state index in [0.29, 0.717) is 12.4 Å². The van der Waals surface area contributed by atoms with Crippen molar-refractivity contribution in [2.45, 2.75) is 26.3 Å².